The van der Waals surface area contributed by atoms with Crippen LogP contribution in [-0.2, 0) is 18.0 Å². The molecule has 0 radical (unpaired) electrons. The van der Waals surface area contributed by atoms with E-state index in [0.717, 1.165) is 43.3 Å². The minimum Gasteiger partial charge on any atom is -0.376 e. The van der Waals surface area contributed by atoms with Crippen molar-refractivity contribution in [3.8, 4) is 10.7 Å². The predicted molar refractivity (Wildman–Crippen MR) is 93.3 cm³/mol. The zero-order chi connectivity index (χ0) is 15.6. The SMILES string of the molecule is S=c1n(C[NH+]2CCCC2)nc(-c2cccs2)n1C[C@H]1CCCO1. The van der Waals surface area contributed by atoms with Crippen LogP contribution in [0.15, 0.2) is 17.5 Å². The summed E-state index contributed by atoms with van der Waals surface area (Å²) in [5.41, 5.74) is 0. The Bertz CT molecular complexity index is 694. The van der Waals surface area contributed by atoms with Gasteiger partial charge in [-0.2, -0.15) is 4.68 Å². The first-order valence-electron chi connectivity index (χ1n) is 8.48. The fraction of sp³-hybridized carbons (Fsp3) is 0.625. The molecule has 1 atom stereocenters. The number of thiophene rings is 1. The number of ether oxygens (including phenoxy) is 1. The zero-order valence-electron chi connectivity index (χ0n) is 13.2. The van der Waals surface area contributed by atoms with Crippen LogP contribution in [-0.4, -0.2) is 40.1 Å². The van der Waals surface area contributed by atoms with Gasteiger partial charge in [-0.3, -0.25) is 4.57 Å². The Morgan fingerprint density at radius 3 is 2.91 bits per heavy atom. The summed E-state index contributed by atoms with van der Waals surface area (Å²) in [6, 6.07) is 4.20. The first kappa shape index (κ1) is 15.5. The normalized spacial score (nSPS) is 22.2. The monoisotopic (exact) mass is 351 g/mol. The number of quaternary nitrogens is 1. The van der Waals surface area contributed by atoms with Gasteiger partial charge in [0.05, 0.1) is 30.6 Å². The van der Waals surface area contributed by atoms with Crippen LogP contribution in [0.25, 0.3) is 10.7 Å². The van der Waals surface area contributed by atoms with Gasteiger partial charge in [-0.05, 0) is 36.5 Å². The van der Waals surface area contributed by atoms with Crippen molar-refractivity contribution in [3.63, 3.8) is 0 Å². The Morgan fingerprint density at radius 2 is 2.22 bits per heavy atom. The molecule has 0 aliphatic carbocycles. The molecule has 23 heavy (non-hydrogen) atoms. The molecule has 0 saturated carbocycles. The second-order valence-electron chi connectivity index (χ2n) is 6.44. The van der Waals surface area contributed by atoms with Crippen molar-refractivity contribution in [1.82, 2.24) is 14.3 Å². The molecular formula is C16H23N4OS2+. The number of aromatic nitrogens is 3. The Kier molecular flexibility index (Phi) is 4.61. The van der Waals surface area contributed by atoms with Gasteiger partial charge in [0.25, 0.3) is 0 Å². The van der Waals surface area contributed by atoms with E-state index in [-0.39, 0.29) is 6.10 Å². The number of hydrogen-bond acceptors (Lipinski definition) is 4. The maximum absolute atomic E-state index is 5.82. The van der Waals surface area contributed by atoms with Crippen LogP contribution < -0.4 is 4.90 Å². The molecule has 2 saturated heterocycles. The number of likely N-dealkylation sites (tertiary alicyclic amines) is 1. The molecular weight excluding hydrogens is 328 g/mol. The highest BCUT2D eigenvalue weighted by molar-refractivity contribution is 7.71. The van der Waals surface area contributed by atoms with Gasteiger partial charge in [-0.25, -0.2) is 0 Å². The van der Waals surface area contributed by atoms with Crippen molar-refractivity contribution in [2.24, 2.45) is 0 Å². The Morgan fingerprint density at radius 1 is 1.35 bits per heavy atom. The second kappa shape index (κ2) is 6.84. The number of nitrogens with zero attached hydrogens (tertiary/aromatic N) is 3. The first-order chi connectivity index (χ1) is 11.3. The van der Waals surface area contributed by atoms with Crippen LogP contribution in [0, 0.1) is 4.77 Å². The van der Waals surface area contributed by atoms with E-state index in [9.17, 15) is 0 Å². The fourth-order valence-electron chi connectivity index (χ4n) is 3.53. The summed E-state index contributed by atoms with van der Waals surface area (Å²) in [5, 5.41) is 6.96. The number of nitrogens with one attached hydrogen (secondary N) is 1. The summed E-state index contributed by atoms with van der Waals surface area (Å²) in [7, 11) is 0. The van der Waals surface area contributed by atoms with E-state index in [4.69, 9.17) is 22.1 Å². The molecule has 0 bridgehead atoms. The Labute approximate surface area is 145 Å². The molecule has 4 heterocycles. The second-order valence-corrected chi connectivity index (χ2v) is 7.76. The lowest BCUT2D eigenvalue weighted by atomic mass is 10.2. The summed E-state index contributed by atoms with van der Waals surface area (Å²) in [4.78, 5) is 2.77. The van der Waals surface area contributed by atoms with Crippen molar-refractivity contribution >= 4 is 23.6 Å². The lowest BCUT2D eigenvalue weighted by Crippen LogP contribution is -3.09. The topological polar surface area (TPSA) is 36.4 Å². The molecule has 7 heteroatoms. The van der Waals surface area contributed by atoms with Crippen LogP contribution in [0.2, 0.25) is 0 Å². The third kappa shape index (κ3) is 3.28. The van der Waals surface area contributed by atoms with E-state index < -0.39 is 0 Å². The van der Waals surface area contributed by atoms with E-state index in [1.807, 2.05) is 4.68 Å². The quantitative estimate of drug-likeness (QED) is 0.837. The molecule has 2 aromatic rings. The van der Waals surface area contributed by atoms with E-state index in [2.05, 4.69) is 22.1 Å². The smallest absolute Gasteiger partial charge is 0.203 e. The molecule has 0 amide bonds. The minimum atomic E-state index is 0.275. The van der Waals surface area contributed by atoms with E-state index in [1.54, 1.807) is 16.2 Å². The van der Waals surface area contributed by atoms with Gasteiger partial charge in [0, 0.05) is 19.4 Å². The lowest BCUT2D eigenvalue weighted by molar-refractivity contribution is -0.911. The van der Waals surface area contributed by atoms with Crippen LogP contribution in [0.5, 0.6) is 0 Å². The lowest BCUT2D eigenvalue weighted by Gasteiger charge is -2.12. The summed E-state index contributed by atoms with van der Waals surface area (Å²) in [6.07, 6.45) is 5.18. The van der Waals surface area contributed by atoms with Crippen molar-refractivity contribution in [2.75, 3.05) is 19.7 Å². The summed E-state index contributed by atoms with van der Waals surface area (Å²) < 4.78 is 10.9. The van der Waals surface area contributed by atoms with Crippen LogP contribution >= 0.6 is 23.6 Å². The fourth-order valence-corrected chi connectivity index (χ4v) is 4.52. The number of hydrogen-bond donors (Lipinski definition) is 1. The Balaban J connectivity index is 1.66. The van der Waals surface area contributed by atoms with Crippen LogP contribution in [0.1, 0.15) is 25.7 Å². The molecule has 5 nitrogen and oxygen atoms in total. The zero-order valence-corrected chi connectivity index (χ0v) is 14.9. The standard InChI is InChI=1S/C16H22N4OS2/c22-16-19(11-13-5-3-9-21-13)15(14-6-4-10-23-14)17-20(16)12-18-7-1-2-8-18/h4,6,10,13H,1-3,5,7-9,11-12H2/p+1/t13-/m1/s1. The summed E-state index contributed by atoms with van der Waals surface area (Å²) in [6.45, 7) is 5.04. The molecule has 0 unspecified atom stereocenters. The van der Waals surface area contributed by atoms with Crippen molar-refractivity contribution in [2.45, 2.75) is 45.0 Å². The third-order valence-corrected chi connectivity index (χ3v) is 6.06. The number of rotatable bonds is 5. The van der Waals surface area contributed by atoms with E-state index in [0.29, 0.717) is 0 Å². The highest BCUT2D eigenvalue weighted by Gasteiger charge is 2.23. The average molecular weight is 352 g/mol. The van der Waals surface area contributed by atoms with Gasteiger partial charge < -0.3 is 9.64 Å². The van der Waals surface area contributed by atoms with Gasteiger partial charge in [-0.1, -0.05) is 6.07 Å². The van der Waals surface area contributed by atoms with Crippen molar-refractivity contribution in [1.29, 1.82) is 0 Å². The summed E-state index contributed by atoms with van der Waals surface area (Å²) >= 11 is 7.48. The van der Waals surface area contributed by atoms with Gasteiger partial charge in [0.15, 0.2) is 12.5 Å². The van der Waals surface area contributed by atoms with Gasteiger partial charge >= 0.3 is 0 Å². The molecule has 2 aliphatic rings. The molecule has 4 rings (SSSR count). The molecule has 2 aliphatic heterocycles. The average Bonchev–Trinajstić information content (AvgIpc) is 3.33. The third-order valence-electron chi connectivity index (χ3n) is 4.76. The highest BCUT2D eigenvalue weighted by atomic mass is 32.1. The highest BCUT2D eigenvalue weighted by Crippen LogP contribution is 2.25. The molecule has 2 aromatic heterocycles. The van der Waals surface area contributed by atoms with E-state index in [1.165, 1.54) is 30.8 Å². The Hall–Kier alpha value is -1.02. The van der Waals surface area contributed by atoms with Gasteiger partial charge in [0.2, 0.25) is 4.77 Å². The van der Waals surface area contributed by atoms with Crippen molar-refractivity contribution < 1.29 is 9.64 Å². The molecule has 2 fully saturated rings. The molecule has 124 valence electrons. The van der Waals surface area contributed by atoms with Gasteiger partial charge in [0.1, 0.15) is 0 Å². The summed E-state index contributed by atoms with van der Waals surface area (Å²) in [5.74, 6) is 0.999. The predicted octanol–water partition coefficient (Wildman–Crippen LogP) is 1.96. The minimum absolute atomic E-state index is 0.275. The molecule has 0 aromatic carbocycles. The van der Waals surface area contributed by atoms with E-state index >= 15 is 0 Å². The first-order valence-corrected chi connectivity index (χ1v) is 9.77. The maximum Gasteiger partial charge on any atom is 0.203 e. The van der Waals surface area contributed by atoms with Gasteiger partial charge in [-0.15, -0.1) is 16.4 Å². The largest absolute Gasteiger partial charge is 0.376 e. The van der Waals surface area contributed by atoms with Crippen LogP contribution in [0.3, 0.4) is 0 Å². The van der Waals surface area contributed by atoms with Crippen molar-refractivity contribution in [3.05, 3.63) is 22.3 Å². The van der Waals surface area contributed by atoms with Crippen LogP contribution in [0.4, 0.5) is 0 Å². The molecule has 0 spiro atoms. The molecule has 1 N–H and O–H groups in total. The maximum atomic E-state index is 5.82.